The third-order valence-corrected chi connectivity index (χ3v) is 4.38. The van der Waals surface area contributed by atoms with Crippen molar-refractivity contribution in [3.8, 4) is 0 Å². The van der Waals surface area contributed by atoms with Crippen LogP contribution in [0.3, 0.4) is 0 Å². The Kier molecular flexibility index (Phi) is 5.20. The molecule has 2 aromatic rings. The number of aromatic nitrogens is 1. The molecule has 1 aromatic carbocycles. The van der Waals surface area contributed by atoms with Gasteiger partial charge in [0.15, 0.2) is 0 Å². The largest absolute Gasteiger partial charge is 0.309 e. The molecule has 4 nitrogen and oxygen atoms in total. The molecule has 24 heavy (non-hydrogen) atoms. The number of likely N-dealkylation sites (tertiary alicyclic amines) is 1. The Morgan fingerprint density at radius 3 is 2.83 bits per heavy atom. The van der Waals surface area contributed by atoms with E-state index in [4.69, 9.17) is 0 Å². The Balaban J connectivity index is 1.69. The van der Waals surface area contributed by atoms with Crippen molar-refractivity contribution in [1.82, 2.24) is 9.88 Å². The molecule has 0 aliphatic carbocycles. The van der Waals surface area contributed by atoms with Crippen LogP contribution in [0.25, 0.3) is 0 Å². The number of amides is 1. The maximum Gasteiger partial charge on any atom is 0.242 e. The van der Waals surface area contributed by atoms with E-state index in [1.54, 1.807) is 18.3 Å². The fourth-order valence-corrected chi connectivity index (χ4v) is 3.12. The molecule has 1 aromatic heterocycles. The minimum absolute atomic E-state index is 0.0186. The zero-order valence-electron chi connectivity index (χ0n) is 13.8. The molecule has 0 bridgehead atoms. The molecule has 1 aliphatic heterocycles. The summed E-state index contributed by atoms with van der Waals surface area (Å²) in [5.74, 6) is 0.333. The van der Waals surface area contributed by atoms with E-state index >= 15 is 0 Å². The molecule has 1 amide bonds. The van der Waals surface area contributed by atoms with Gasteiger partial charge in [-0.05, 0) is 61.7 Å². The Bertz CT molecular complexity index is 702. The van der Waals surface area contributed by atoms with Crippen LogP contribution in [0.4, 0.5) is 10.2 Å². The monoisotopic (exact) mass is 327 g/mol. The zero-order chi connectivity index (χ0) is 16.9. The number of hydrogen-bond donors (Lipinski definition) is 1. The Morgan fingerprint density at radius 1 is 1.29 bits per heavy atom. The zero-order valence-corrected chi connectivity index (χ0v) is 13.8. The minimum Gasteiger partial charge on any atom is -0.309 e. The van der Waals surface area contributed by atoms with Gasteiger partial charge in [0.1, 0.15) is 11.6 Å². The van der Waals surface area contributed by atoms with Gasteiger partial charge in [0, 0.05) is 12.7 Å². The van der Waals surface area contributed by atoms with Gasteiger partial charge in [0.05, 0.1) is 6.04 Å². The number of benzene rings is 1. The van der Waals surface area contributed by atoms with Gasteiger partial charge in [-0.2, -0.15) is 0 Å². The SMILES string of the molecule is Cc1ccnc(NC(=O)C2CCCCN2Cc2ccc(F)cc2)c1. The van der Waals surface area contributed by atoms with Crippen LogP contribution in [0.15, 0.2) is 42.6 Å². The predicted molar refractivity (Wildman–Crippen MR) is 92.1 cm³/mol. The maximum atomic E-state index is 13.1. The summed E-state index contributed by atoms with van der Waals surface area (Å²) in [7, 11) is 0. The molecule has 1 aliphatic rings. The maximum absolute atomic E-state index is 13.1. The highest BCUT2D eigenvalue weighted by molar-refractivity contribution is 5.94. The smallest absolute Gasteiger partial charge is 0.242 e. The van der Waals surface area contributed by atoms with E-state index in [9.17, 15) is 9.18 Å². The number of hydrogen-bond acceptors (Lipinski definition) is 3. The van der Waals surface area contributed by atoms with E-state index in [-0.39, 0.29) is 17.8 Å². The number of carbonyl (C=O) groups is 1. The molecule has 126 valence electrons. The molecule has 1 saturated heterocycles. The van der Waals surface area contributed by atoms with Crippen LogP contribution >= 0.6 is 0 Å². The molecular formula is C19H22FN3O. The van der Waals surface area contributed by atoms with Gasteiger partial charge >= 0.3 is 0 Å². The average molecular weight is 327 g/mol. The van der Waals surface area contributed by atoms with Gasteiger partial charge in [-0.15, -0.1) is 0 Å². The van der Waals surface area contributed by atoms with Crippen LogP contribution in [-0.2, 0) is 11.3 Å². The molecule has 1 N–H and O–H groups in total. The van der Waals surface area contributed by atoms with E-state index in [1.807, 2.05) is 19.1 Å². The summed E-state index contributed by atoms with van der Waals surface area (Å²) in [6, 6.07) is 10.1. The van der Waals surface area contributed by atoms with Gasteiger partial charge in [0.25, 0.3) is 0 Å². The minimum atomic E-state index is -0.239. The van der Waals surface area contributed by atoms with Gasteiger partial charge < -0.3 is 5.32 Å². The highest BCUT2D eigenvalue weighted by atomic mass is 19.1. The number of aryl methyl sites for hydroxylation is 1. The normalized spacial score (nSPS) is 18.3. The van der Waals surface area contributed by atoms with Gasteiger partial charge in [-0.1, -0.05) is 18.6 Å². The summed E-state index contributed by atoms with van der Waals surface area (Å²) < 4.78 is 13.1. The second kappa shape index (κ2) is 7.53. The van der Waals surface area contributed by atoms with E-state index in [0.717, 1.165) is 36.9 Å². The molecule has 0 saturated carbocycles. The number of pyridine rings is 1. The number of nitrogens with zero attached hydrogens (tertiary/aromatic N) is 2. The lowest BCUT2D eigenvalue weighted by Crippen LogP contribution is -2.46. The average Bonchev–Trinajstić information content (AvgIpc) is 2.57. The number of nitrogens with one attached hydrogen (secondary N) is 1. The lowest BCUT2D eigenvalue weighted by Gasteiger charge is -2.34. The topological polar surface area (TPSA) is 45.2 Å². The van der Waals surface area contributed by atoms with Crippen molar-refractivity contribution < 1.29 is 9.18 Å². The lowest BCUT2D eigenvalue weighted by molar-refractivity contribution is -0.122. The first-order chi connectivity index (χ1) is 11.6. The molecule has 2 heterocycles. The van der Waals surface area contributed by atoms with Crippen LogP contribution < -0.4 is 5.32 Å². The van der Waals surface area contributed by atoms with E-state index < -0.39 is 0 Å². The second-order valence-corrected chi connectivity index (χ2v) is 6.32. The van der Waals surface area contributed by atoms with Crippen molar-refractivity contribution in [3.05, 3.63) is 59.5 Å². The third kappa shape index (κ3) is 4.17. The molecule has 1 fully saturated rings. The summed E-state index contributed by atoms with van der Waals surface area (Å²) >= 11 is 0. The van der Waals surface area contributed by atoms with Crippen LogP contribution in [0.5, 0.6) is 0 Å². The molecule has 1 unspecified atom stereocenters. The van der Waals surface area contributed by atoms with Crippen LogP contribution in [0.1, 0.15) is 30.4 Å². The quantitative estimate of drug-likeness (QED) is 0.934. The summed E-state index contributed by atoms with van der Waals surface area (Å²) in [6.45, 7) is 3.50. The number of carbonyl (C=O) groups excluding carboxylic acids is 1. The first kappa shape index (κ1) is 16.6. The van der Waals surface area contributed by atoms with Crippen molar-refractivity contribution in [3.63, 3.8) is 0 Å². The molecule has 1 atom stereocenters. The van der Waals surface area contributed by atoms with Gasteiger partial charge in [0.2, 0.25) is 5.91 Å². The Morgan fingerprint density at radius 2 is 2.08 bits per heavy atom. The molecule has 0 spiro atoms. The molecule has 5 heteroatoms. The van der Waals surface area contributed by atoms with Gasteiger partial charge in [-0.3, -0.25) is 9.69 Å². The van der Waals surface area contributed by atoms with Crippen molar-refractivity contribution in [2.24, 2.45) is 0 Å². The Hall–Kier alpha value is -2.27. The fraction of sp³-hybridized carbons (Fsp3) is 0.368. The van der Waals surface area contributed by atoms with Crippen LogP contribution in [0.2, 0.25) is 0 Å². The lowest BCUT2D eigenvalue weighted by atomic mass is 10.0. The summed E-state index contributed by atoms with van der Waals surface area (Å²) in [4.78, 5) is 19.1. The first-order valence-electron chi connectivity index (χ1n) is 8.34. The standard InChI is InChI=1S/C19H22FN3O/c1-14-9-10-21-18(12-14)22-19(24)17-4-2-3-11-23(17)13-15-5-7-16(20)8-6-15/h5-10,12,17H,2-4,11,13H2,1H3,(H,21,22,24). The van der Waals surface area contributed by atoms with Crippen molar-refractivity contribution in [1.29, 1.82) is 0 Å². The van der Waals surface area contributed by atoms with E-state index in [0.29, 0.717) is 12.4 Å². The summed E-state index contributed by atoms with van der Waals surface area (Å²) in [6.07, 6.45) is 4.65. The van der Waals surface area contributed by atoms with E-state index in [1.165, 1.54) is 12.1 Å². The summed E-state index contributed by atoms with van der Waals surface area (Å²) in [5.41, 5.74) is 2.08. The Labute approximate surface area is 141 Å². The molecule has 0 radical (unpaired) electrons. The fourth-order valence-electron chi connectivity index (χ4n) is 3.12. The van der Waals surface area contributed by atoms with Crippen LogP contribution in [-0.4, -0.2) is 28.4 Å². The number of anilines is 1. The number of halogens is 1. The summed E-state index contributed by atoms with van der Waals surface area (Å²) in [5, 5.41) is 2.93. The predicted octanol–water partition coefficient (Wildman–Crippen LogP) is 3.52. The highest BCUT2D eigenvalue weighted by Crippen LogP contribution is 2.21. The third-order valence-electron chi connectivity index (χ3n) is 4.38. The van der Waals surface area contributed by atoms with Crippen molar-refractivity contribution >= 4 is 11.7 Å². The number of piperidine rings is 1. The van der Waals surface area contributed by atoms with Gasteiger partial charge in [-0.25, -0.2) is 9.37 Å². The second-order valence-electron chi connectivity index (χ2n) is 6.32. The highest BCUT2D eigenvalue weighted by Gasteiger charge is 2.28. The van der Waals surface area contributed by atoms with E-state index in [2.05, 4.69) is 15.2 Å². The van der Waals surface area contributed by atoms with Crippen molar-refractivity contribution in [2.45, 2.75) is 38.8 Å². The molecule has 3 rings (SSSR count). The van der Waals surface area contributed by atoms with Crippen molar-refractivity contribution in [2.75, 3.05) is 11.9 Å². The number of rotatable bonds is 4. The van der Waals surface area contributed by atoms with Crippen LogP contribution in [0, 0.1) is 12.7 Å². The molecular weight excluding hydrogens is 305 g/mol. The first-order valence-corrected chi connectivity index (χ1v) is 8.34.